The monoisotopic (exact) mass is 313 g/mol. The molecule has 22 heavy (non-hydrogen) atoms. The van der Waals surface area contributed by atoms with E-state index in [9.17, 15) is 0 Å². The lowest BCUT2D eigenvalue weighted by Gasteiger charge is -2.43. The van der Waals surface area contributed by atoms with Crippen LogP contribution >= 0.6 is 0 Å². The molecule has 3 aliphatic rings. The quantitative estimate of drug-likeness (QED) is 0.754. The molecule has 2 N–H and O–H groups in total. The predicted octanol–water partition coefficient (Wildman–Crippen LogP) is -0.170. The van der Waals surface area contributed by atoms with Crippen molar-refractivity contribution in [3.8, 4) is 0 Å². The summed E-state index contributed by atoms with van der Waals surface area (Å²) in [4.78, 5) is 2.45. The molecular formula is C16H31N3O3. The maximum Gasteiger partial charge on any atom is 0.0878 e. The van der Waals surface area contributed by atoms with Gasteiger partial charge in [0.2, 0.25) is 0 Å². The molecule has 3 aliphatic heterocycles. The van der Waals surface area contributed by atoms with Gasteiger partial charge in [-0.1, -0.05) is 0 Å². The van der Waals surface area contributed by atoms with Gasteiger partial charge >= 0.3 is 0 Å². The Hall–Kier alpha value is -0.240. The van der Waals surface area contributed by atoms with Crippen molar-refractivity contribution in [3.63, 3.8) is 0 Å². The molecule has 0 radical (unpaired) electrons. The fraction of sp³-hybridized carbons (Fsp3) is 1.00. The lowest BCUT2D eigenvalue weighted by Crippen LogP contribution is -2.63. The zero-order chi connectivity index (χ0) is 15.5. The van der Waals surface area contributed by atoms with Gasteiger partial charge in [0.25, 0.3) is 0 Å². The Bertz CT molecular complexity index is 350. The second kappa shape index (κ2) is 7.55. The van der Waals surface area contributed by atoms with Crippen LogP contribution in [0.5, 0.6) is 0 Å². The van der Waals surface area contributed by atoms with Crippen molar-refractivity contribution in [1.82, 2.24) is 15.5 Å². The van der Waals surface area contributed by atoms with E-state index in [1.165, 1.54) is 0 Å². The van der Waals surface area contributed by atoms with Gasteiger partial charge in [0, 0.05) is 38.8 Å². The predicted molar refractivity (Wildman–Crippen MR) is 85.2 cm³/mol. The zero-order valence-electron chi connectivity index (χ0n) is 14.1. The summed E-state index contributed by atoms with van der Waals surface area (Å²) in [5, 5.41) is 7.15. The van der Waals surface area contributed by atoms with Gasteiger partial charge in [0.1, 0.15) is 0 Å². The van der Waals surface area contributed by atoms with E-state index in [4.69, 9.17) is 14.2 Å². The fourth-order valence-electron chi connectivity index (χ4n) is 3.69. The van der Waals surface area contributed by atoms with Crippen LogP contribution in [0.1, 0.15) is 20.8 Å². The summed E-state index contributed by atoms with van der Waals surface area (Å²) in [6.45, 7) is 12.9. The highest BCUT2D eigenvalue weighted by Gasteiger charge is 2.36. The molecule has 3 saturated heterocycles. The van der Waals surface area contributed by atoms with E-state index in [-0.39, 0.29) is 24.4 Å². The molecule has 3 rings (SSSR count). The normalized spacial score (nSPS) is 44.9. The molecule has 0 aromatic heterocycles. The molecule has 0 aliphatic carbocycles. The molecule has 3 heterocycles. The Labute approximate surface area is 133 Å². The molecule has 0 bridgehead atoms. The van der Waals surface area contributed by atoms with Crippen LogP contribution in [-0.2, 0) is 14.2 Å². The van der Waals surface area contributed by atoms with Crippen molar-refractivity contribution in [2.24, 2.45) is 0 Å². The van der Waals surface area contributed by atoms with Gasteiger partial charge in [-0.2, -0.15) is 0 Å². The highest BCUT2D eigenvalue weighted by atomic mass is 16.5. The third kappa shape index (κ3) is 4.19. The summed E-state index contributed by atoms with van der Waals surface area (Å²) in [6.07, 6.45) is 0.971. The first-order chi connectivity index (χ1) is 10.6. The van der Waals surface area contributed by atoms with Gasteiger partial charge in [-0.05, 0) is 20.8 Å². The van der Waals surface area contributed by atoms with Crippen LogP contribution in [-0.4, -0.2) is 87.3 Å². The minimum atomic E-state index is 0.178. The molecule has 6 nitrogen and oxygen atoms in total. The number of nitrogens with one attached hydrogen (secondary N) is 2. The lowest BCUT2D eigenvalue weighted by atomic mass is 10.0. The smallest absolute Gasteiger partial charge is 0.0878 e. The number of rotatable bonds is 3. The van der Waals surface area contributed by atoms with Crippen molar-refractivity contribution in [3.05, 3.63) is 0 Å². The molecule has 0 saturated carbocycles. The molecular weight excluding hydrogens is 282 g/mol. The van der Waals surface area contributed by atoms with E-state index in [2.05, 4.69) is 36.3 Å². The van der Waals surface area contributed by atoms with Crippen molar-refractivity contribution in [1.29, 1.82) is 0 Å². The Morgan fingerprint density at radius 3 is 2.64 bits per heavy atom. The van der Waals surface area contributed by atoms with Gasteiger partial charge in [-0.25, -0.2) is 0 Å². The van der Waals surface area contributed by atoms with Crippen molar-refractivity contribution in [2.75, 3.05) is 45.9 Å². The molecule has 3 fully saturated rings. The van der Waals surface area contributed by atoms with E-state index in [1.54, 1.807) is 0 Å². The Kier molecular flexibility index (Phi) is 5.70. The number of hydrogen-bond acceptors (Lipinski definition) is 6. The minimum Gasteiger partial charge on any atom is -0.376 e. The highest BCUT2D eigenvalue weighted by molar-refractivity contribution is 4.92. The largest absolute Gasteiger partial charge is 0.376 e. The summed E-state index contributed by atoms with van der Waals surface area (Å²) in [5.74, 6) is 0. The first-order valence-corrected chi connectivity index (χ1v) is 8.69. The maximum absolute atomic E-state index is 6.26. The fourth-order valence-corrected chi connectivity index (χ4v) is 3.69. The Morgan fingerprint density at radius 2 is 1.95 bits per heavy atom. The molecule has 0 aromatic rings. The molecule has 128 valence electrons. The van der Waals surface area contributed by atoms with Crippen LogP contribution in [0.25, 0.3) is 0 Å². The highest BCUT2D eigenvalue weighted by Crippen LogP contribution is 2.18. The van der Waals surface area contributed by atoms with Crippen LogP contribution in [0, 0.1) is 0 Å². The Morgan fingerprint density at radius 1 is 1.09 bits per heavy atom. The molecule has 0 aromatic carbocycles. The molecule has 6 unspecified atom stereocenters. The van der Waals surface area contributed by atoms with Gasteiger partial charge in [0.05, 0.1) is 43.7 Å². The number of ether oxygens (including phenoxy) is 3. The van der Waals surface area contributed by atoms with Crippen LogP contribution in [0.15, 0.2) is 0 Å². The van der Waals surface area contributed by atoms with Gasteiger partial charge in [-0.3, -0.25) is 4.90 Å². The van der Waals surface area contributed by atoms with E-state index < -0.39 is 0 Å². The second-order valence-electron chi connectivity index (χ2n) is 7.02. The van der Waals surface area contributed by atoms with Crippen molar-refractivity contribution >= 4 is 0 Å². The van der Waals surface area contributed by atoms with Crippen LogP contribution < -0.4 is 10.6 Å². The first kappa shape index (κ1) is 16.6. The van der Waals surface area contributed by atoms with E-state index in [0.29, 0.717) is 12.1 Å². The maximum atomic E-state index is 6.26. The van der Waals surface area contributed by atoms with Gasteiger partial charge in [-0.15, -0.1) is 0 Å². The summed E-state index contributed by atoms with van der Waals surface area (Å²) in [7, 11) is 0. The average molecular weight is 313 g/mol. The lowest BCUT2D eigenvalue weighted by molar-refractivity contribution is -0.118. The molecule has 6 heteroatoms. The van der Waals surface area contributed by atoms with E-state index >= 15 is 0 Å². The van der Waals surface area contributed by atoms with Crippen LogP contribution in [0.2, 0.25) is 0 Å². The minimum absolute atomic E-state index is 0.178. The zero-order valence-corrected chi connectivity index (χ0v) is 14.1. The third-order valence-corrected chi connectivity index (χ3v) is 4.91. The topological polar surface area (TPSA) is 55.0 Å². The first-order valence-electron chi connectivity index (χ1n) is 8.69. The number of hydrogen-bond donors (Lipinski definition) is 2. The second-order valence-corrected chi connectivity index (χ2v) is 7.02. The summed E-state index contributed by atoms with van der Waals surface area (Å²) in [5.41, 5.74) is 0. The average Bonchev–Trinajstić information content (AvgIpc) is 2.49. The van der Waals surface area contributed by atoms with Crippen molar-refractivity contribution in [2.45, 2.75) is 57.3 Å². The van der Waals surface area contributed by atoms with Gasteiger partial charge in [0.15, 0.2) is 0 Å². The molecule has 0 amide bonds. The summed E-state index contributed by atoms with van der Waals surface area (Å²) in [6, 6.07) is 0.729. The third-order valence-electron chi connectivity index (χ3n) is 4.91. The summed E-state index contributed by atoms with van der Waals surface area (Å²) < 4.78 is 17.8. The standard InChI is InChI=1S/C16H31N3O3/c1-11-10-21-15(7-17-11)16-13(3)22-14(6-18-16)9-19-4-5-20-12(2)8-19/h11-18H,4-10H2,1-3H3. The van der Waals surface area contributed by atoms with E-state index in [0.717, 1.165) is 45.9 Å². The Balaban J connectivity index is 1.45. The van der Waals surface area contributed by atoms with Gasteiger partial charge < -0.3 is 24.8 Å². The summed E-state index contributed by atoms with van der Waals surface area (Å²) >= 11 is 0. The molecule has 0 spiro atoms. The number of nitrogens with zero attached hydrogens (tertiary/aromatic N) is 1. The molecule has 6 atom stereocenters. The van der Waals surface area contributed by atoms with E-state index in [1.807, 2.05) is 0 Å². The van der Waals surface area contributed by atoms with Crippen LogP contribution in [0.4, 0.5) is 0 Å². The SMILES string of the molecule is CC1COC(C2NCC(CN3CCOC(C)C3)OC2C)CN1. The van der Waals surface area contributed by atoms with Crippen LogP contribution in [0.3, 0.4) is 0 Å². The van der Waals surface area contributed by atoms with Crippen molar-refractivity contribution < 1.29 is 14.2 Å². The number of morpholine rings is 3.